The van der Waals surface area contributed by atoms with Crippen LogP contribution < -0.4 is 9.64 Å². The van der Waals surface area contributed by atoms with Crippen LogP contribution in [0.3, 0.4) is 0 Å². The number of carbonyl (C=O) groups excluding carboxylic acids is 1. The second-order valence-corrected chi connectivity index (χ2v) is 4.33. The number of amides is 1. The summed E-state index contributed by atoms with van der Waals surface area (Å²) in [5.74, 6) is 1.20. The van der Waals surface area contributed by atoms with Crippen LogP contribution in [0.25, 0.3) is 0 Å². The summed E-state index contributed by atoms with van der Waals surface area (Å²) in [5.41, 5.74) is 2.03. The van der Waals surface area contributed by atoms with Gasteiger partial charge in [0.05, 0.1) is 7.11 Å². The number of methoxy groups -OCH3 is 1. The summed E-state index contributed by atoms with van der Waals surface area (Å²) >= 11 is 0. The average molecular weight is 219 g/mol. The second-order valence-electron chi connectivity index (χ2n) is 4.33. The molecule has 86 valence electrons. The molecule has 1 aliphatic heterocycles. The van der Waals surface area contributed by atoms with Crippen molar-refractivity contribution in [2.45, 2.75) is 20.3 Å². The van der Waals surface area contributed by atoms with Crippen LogP contribution in [0.4, 0.5) is 5.69 Å². The van der Waals surface area contributed by atoms with E-state index >= 15 is 0 Å². The van der Waals surface area contributed by atoms with E-state index in [1.807, 2.05) is 36.9 Å². The van der Waals surface area contributed by atoms with Gasteiger partial charge < -0.3 is 9.64 Å². The summed E-state index contributed by atoms with van der Waals surface area (Å²) in [6, 6.07) is 5.91. The molecule has 0 radical (unpaired) electrons. The molecule has 1 aromatic carbocycles. The molecule has 0 spiro atoms. The molecule has 1 heterocycles. The Balaban J connectivity index is 2.31. The maximum Gasteiger partial charge on any atom is 0.229 e. The number of aryl methyl sites for hydroxylation is 1. The Kier molecular flexibility index (Phi) is 2.86. The third kappa shape index (κ3) is 1.77. The van der Waals surface area contributed by atoms with Crippen LogP contribution in [0.1, 0.15) is 18.9 Å². The summed E-state index contributed by atoms with van der Waals surface area (Å²) in [4.78, 5) is 13.7. The number of hydrogen-bond acceptors (Lipinski definition) is 2. The molecule has 1 saturated heterocycles. The first-order valence-electron chi connectivity index (χ1n) is 5.59. The monoisotopic (exact) mass is 219 g/mol. The first-order valence-corrected chi connectivity index (χ1v) is 5.59. The molecule has 0 bridgehead atoms. The number of nitrogens with zero attached hydrogens (tertiary/aromatic N) is 1. The number of carbonyl (C=O) groups is 1. The standard InChI is InChI=1S/C13H17NO2/c1-9-4-5-11(8-12(9)16-3)14-7-6-10(2)13(14)15/h4-5,8,10H,6-7H2,1-3H3. The van der Waals surface area contributed by atoms with Crippen LogP contribution in [0, 0.1) is 12.8 Å². The Bertz CT molecular complexity index is 414. The molecule has 3 heteroatoms. The van der Waals surface area contributed by atoms with E-state index in [0.29, 0.717) is 0 Å². The third-order valence-corrected chi connectivity index (χ3v) is 3.18. The van der Waals surface area contributed by atoms with Crippen molar-refractivity contribution < 1.29 is 9.53 Å². The van der Waals surface area contributed by atoms with Gasteiger partial charge in [-0.2, -0.15) is 0 Å². The molecule has 1 aliphatic rings. The van der Waals surface area contributed by atoms with E-state index in [-0.39, 0.29) is 11.8 Å². The minimum atomic E-state index is 0.146. The fourth-order valence-electron chi connectivity index (χ4n) is 2.06. The Morgan fingerprint density at radius 3 is 2.75 bits per heavy atom. The molecule has 0 saturated carbocycles. The molecular weight excluding hydrogens is 202 g/mol. The van der Waals surface area contributed by atoms with Crippen LogP contribution in [-0.4, -0.2) is 19.6 Å². The molecule has 3 nitrogen and oxygen atoms in total. The molecule has 16 heavy (non-hydrogen) atoms. The van der Waals surface area contributed by atoms with Gasteiger partial charge in [-0.05, 0) is 25.0 Å². The molecule has 2 rings (SSSR count). The molecule has 1 aromatic rings. The van der Waals surface area contributed by atoms with Crippen molar-refractivity contribution in [3.8, 4) is 5.75 Å². The first kappa shape index (κ1) is 11.0. The fourth-order valence-corrected chi connectivity index (χ4v) is 2.06. The zero-order valence-electron chi connectivity index (χ0n) is 9.99. The van der Waals surface area contributed by atoms with Crippen molar-refractivity contribution in [3.63, 3.8) is 0 Å². The highest BCUT2D eigenvalue weighted by atomic mass is 16.5. The zero-order chi connectivity index (χ0) is 11.7. The largest absolute Gasteiger partial charge is 0.496 e. The lowest BCUT2D eigenvalue weighted by molar-refractivity contribution is -0.119. The topological polar surface area (TPSA) is 29.5 Å². The van der Waals surface area contributed by atoms with E-state index in [4.69, 9.17) is 4.74 Å². The smallest absolute Gasteiger partial charge is 0.229 e. The van der Waals surface area contributed by atoms with Crippen molar-refractivity contribution in [3.05, 3.63) is 23.8 Å². The van der Waals surface area contributed by atoms with Gasteiger partial charge >= 0.3 is 0 Å². The average Bonchev–Trinajstić information content (AvgIpc) is 2.61. The van der Waals surface area contributed by atoms with Crippen molar-refractivity contribution in [1.29, 1.82) is 0 Å². The van der Waals surface area contributed by atoms with E-state index in [9.17, 15) is 4.79 Å². The molecule has 0 N–H and O–H groups in total. The van der Waals surface area contributed by atoms with E-state index < -0.39 is 0 Å². The number of anilines is 1. The van der Waals surface area contributed by atoms with Crippen molar-refractivity contribution >= 4 is 11.6 Å². The van der Waals surface area contributed by atoms with E-state index in [1.54, 1.807) is 7.11 Å². The van der Waals surface area contributed by atoms with Gasteiger partial charge in [0.15, 0.2) is 0 Å². The Hall–Kier alpha value is -1.51. The van der Waals surface area contributed by atoms with Gasteiger partial charge in [0.25, 0.3) is 0 Å². The first-order chi connectivity index (χ1) is 7.63. The minimum Gasteiger partial charge on any atom is -0.496 e. The fraction of sp³-hybridized carbons (Fsp3) is 0.462. The Morgan fingerprint density at radius 1 is 1.44 bits per heavy atom. The highest BCUT2D eigenvalue weighted by Gasteiger charge is 2.29. The van der Waals surface area contributed by atoms with E-state index in [1.165, 1.54) is 0 Å². The van der Waals surface area contributed by atoms with Crippen LogP contribution in [0.2, 0.25) is 0 Å². The van der Waals surface area contributed by atoms with Crippen molar-refractivity contribution in [2.24, 2.45) is 5.92 Å². The lowest BCUT2D eigenvalue weighted by Crippen LogP contribution is -2.26. The van der Waals surface area contributed by atoms with Gasteiger partial charge in [0.1, 0.15) is 5.75 Å². The quantitative estimate of drug-likeness (QED) is 0.764. The second kappa shape index (κ2) is 4.16. The molecule has 1 amide bonds. The summed E-state index contributed by atoms with van der Waals surface area (Å²) < 4.78 is 5.27. The van der Waals surface area contributed by atoms with E-state index in [0.717, 1.165) is 30.0 Å². The number of benzene rings is 1. The Morgan fingerprint density at radius 2 is 2.19 bits per heavy atom. The Labute approximate surface area is 96.0 Å². The lowest BCUT2D eigenvalue weighted by atomic mass is 10.1. The molecule has 0 aromatic heterocycles. The van der Waals surface area contributed by atoms with Gasteiger partial charge in [0, 0.05) is 24.2 Å². The SMILES string of the molecule is COc1cc(N2CCC(C)C2=O)ccc1C. The molecule has 1 fully saturated rings. The number of hydrogen-bond donors (Lipinski definition) is 0. The summed E-state index contributed by atoms with van der Waals surface area (Å²) in [5, 5.41) is 0. The van der Waals surface area contributed by atoms with Gasteiger partial charge in [-0.1, -0.05) is 13.0 Å². The molecule has 1 unspecified atom stereocenters. The molecule has 1 atom stereocenters. The highest BCUT2D eigenvalue weighted by Crippen LogP contribution is 2.29. The molecular formula is C13H17NO2. The maximum absolute atomic E-state index is 11.9. The minimum absolute atomic E-state index is 0.146. The third-order valence-electron chi connectivity index (χ3n) is 3.18. The van der Waals surface area contributed by atoms with Crippen LogP contribution in [0.15, 0.2) is 18.2 Å². The van der Waals surface area contributed by atoms with Crippen LogP contribution in [-0.2, 0) is 4.79 Å². The lowest BCUT2D eigenvalue weighted by Gasteiger charge is -2.17. The highest BCUT2D eigenvalue weighted by molar-refractivity contribution is 5.97. The van der Waals surface area contributed by atoms with Crippen LogP contribution >= 0.6 is 0 Å². The predicted octanol–water partition coefficient (Wildman–Crippen LogP) is 2.38. The predicted molar refractivity (Wildman–Crippen MR) is 63.9 cm³/mol. The maximum atomic E-state index is 11.9. The summed E-state index contributed by atoms with van der Waals surface area (Å²) in [6.07, 6.45) is 0.940. The van der Waals surface area contributed by atoms with Crippen molar-refractivity contribution in [1.82, 2.24) is 0 Å². The van der Waals surface area contributed by atoms with Gasteiger partial charge in [0.2, 0.25) is 5.91 Å². The van der Waals surface area contributed by atoms with Gasteiger partial charge in [-0.3, -0.25) is 4.79 Å². The normalized spacial score (nSPS) is 20.3. The van der Waals surface area contributed by atoms with Gasteiger partial charge in [-0.15, -0.1) is 0 Å². The summed E-state index contributed by atoms with van der Waals surface area (Å²) in [7, 11) is 1.65. The van der Waals surface area contributed by atoms with Crippen molar-refractivity contribution in [2.75, 3.05) is 18.6 Å². The number of ether oxygens (including phenoxy) is 1. The van der Waals surface area contributed by atoms with Crippen LogP contribution in [0.5, 0.6) is 5.75 Å². The van der Waals surface area contributed by atoms with E-state index in [2.05, 4.69) is 0 Å². The zero-order valence-corrected chi connectivity index (χ0v) is 9.99. The number of rotatable bonds is 2. The van der Waals surface area contributed by atoms with Gasteiger partial charge in [-0.25, -0.2) is 0 Å². The molecule has 0 aliphatic carbocycles. The summed E-state index contributed by atoms with van der Waals surface area (Å²) in [6.45, 7) is 4.79.